The van der Waals surface area contributed by atoms with Crippen LogP contribution in [0.3, 0.4) is 0 Å². The lowest BCUT2D eigenvalue weighted by Gasteiger charge is -2.31. The van der Waals surface area contributed by atoms with Crippen LogP contribution in [-0.4, -0.2) is 24.6 Å². The van der Waals surface area contributed by atoms with Crippen molar-refractivity contribution >= 4 is 17.5 Å². The smallest absolute Gasteiger partial charge is 0.342 e. The van der Waals surface area contributed by atoms with Crippen LogP contribution in [0.5, 0.6) is 0 Å². The van der Waals surface area contributed by atoms with Crippen LogP contribution in [0.25, 0.3) is 0 Å². The highest BCUT2D eigenvalue weighted by molar-refractivity contribution is 6.26. The maximum Gasteiger partial charge on any atom is 0.342 e. The van der Waals surface area contributed by atoms with E-state index in [2.05, 4.69) is 0 Å². The molecule has 0 radical (unpaired) electrons. The molecular formula is C24H28O4. The van der Waals surface area contributed by atoms with E-state index in [0.29, 0.717) is 22.3 Å². The van der Waals surface area contributed by atoms with E-state index in [1.807, 2.05) is 41.5 Å². The number of carbonyl (C=O) groups excluding carboxylic acids is 3. The molecule has 0 bridgehead atoms. The van der Waals surface area contributed by atoms with Crippen LogP contribution in [0, 0.1) is 10.8 Å². The summed E-state index contributed by atoms with van der Waals surface area (Å²) in [5, 5.41) is 0. The van der Waals surface area contributed by atoms with E-state index >= 15 is 0 Å². The van der Waals surface area contributed by atoms with Gasteiger partial charge < -0.3 is 4.74 Å². The molecule has 1 aromatic carbocycles. The summed E-state index contributed by atoms with van der Waals surface area (Å²) in [5.74, 6) is -1.20. The van der Waals surface area contributed by atoms with Gasteiger partial charge in [-0.2, -0.15) is 0 Å². The number of benzene rings is 1. The molecule has 0 fully saturated rings. The first kappa shape index (κ1) is 21.5. The Labute approximate surface area is 167 Å². The molecule has 0 amide bonds. The minimum absolute atomic E-state index is 0.0554. The van der Waals surface area contributed by atoms with Crippen molar-refractivity contribution < 1.29 is 19.1 Å². The second kappa shape index (κ2) is 7.70. The molecule has 0 atom stereocenters. The van der Waals surface area contributed by atoms with Crippen LogP contribution in [0.15, 0.2) is 64.8 Å². The first-order valence-electron chi connectivity index (χ1n) is 9.29. The Morgan fingerprint density at radius 3 is 1.68 bits per heavy atom. The molecule has 0 aliphatic heterocycles. The van der Waals surface area contributed by atoms with Gasteiger partial charge in [0.05, 0.1) is 7.11 Å². The Kier molecular flexibility index (Phi) is 5.93. The molecule has 0 spiro atoms. The molecule has 4 heteroatoms. The minimum atomic E-state index is -0.716. The van der Waals surface area contributed by atoms with Crippen LogP contribution in [0.2, 0.25) is 0 Å². The number of ketones is 2. The zero-order valence-electron chi connectivity index (χ0n) is 17.7. The standard InChI is InChI=1S/C24H28O4/c1-23(2,3)17-13-16(14-18(21(17)26)24(4,5)6)19(22(27)28-7)20(25)15-11-9-8-10-12-15/h8-14H,1-7H3. The number of carbonyl (C=O) groups is 3. The van der Waals surface area contributed by atoms with Gasteiger partial charge >= 0.3 is 5.97 Å². The second-order valence-corrected chi connectivity index (χ2v) is 8.96. The van der Waals surface area contributed by atoms with Crippen molar-refractivity contribution in [2.24, 2.45) is 10.8 Å². The summed E-state index contributed by atoms with van der Waals surface area (Å²) in [4.78, 5) is 38.8. The number of Topliss-reactive ketones (excluding diaryl/α,β-unsaturated/α-hetero) is 2. The summed E-state index contributed by atoms with van der Waals surface area (Å²) in [7, 11) is 1.25. The van der Waals surface area contributed by atoms with Crippen molar-refractivity contribution in [1.29, 1.82) is 0 Å². The van der Waals surface area contributed by atoms with Gasteiger partial charge in [0, 0.05) is 16.7 Å². The normalized spacial score (nSPS) is 15.0. The third-order valence-electron chi connectivity index (χ3n) is 4.65. The average Bonchev–Trinajstić information content (AvgIpc) is 2.61. The third-order valence-corrected chi connectivity index (χ3v) is 4.65. The number of ether oxygens (including phenoxy) is 1. The lowest BCUT2D eigenvalue weighted by molar-refractivity contribution is -0.135. The lowest BCUT2D eigenvalue weighted by atomic mass is 9.71. The zero-order chi connectivity index (χ0) is 21.3. The molecule has 0 unspecified atom stereocenters. The molecule has 1 aliphatic rings. The summed E-state index contributed by atoms with van der Waals surface area (Å²) < 4.78 is 4.92. The summed E-state index contributed by atoms with van der Waals surface area (Å²) >= 11 is 0. The highest BCUT2D eigenvalue weighted by Gasteiger charge is 2.36. The molecule has 0 N–H and O–H groups in total. The van der Waals surface area contributed by atoms with Crippen molar-refractivity contribution in [2.75, 3.05) is 7.11 Å². The van der Waals surface area contributed by atoms with Crippen molar-refractivity contribution in [2.45, 2.75) is 41.5 Å². The number of rotatable bonds is 3. The molecule has 0 saturated heterocycles. The first-order valence-corrected chi connectivity index (χ1v) is 9.29. The predicted molar refractivity (Wildman–Crippen MR) is 110 cm³/mol. The third kappa shape index (κ3) is 4.38. The fourth-order valence-corrected chi connectivity index (χ4v) is 3.06. The van der Waals surface area contributed by atoms with E-state index in [-0.39, 0.29) is 11.4 Å². The Hall–Kier alpha value is -2.75. The largest absolute Gasteiger partial charge is 0.465 e. The van der Waals surface area contributed by atoms with Crippen LogP contribution < -0.4 is 0 Å². The minimum Gasteiger partial charge on any atom is -0.465 e. The summed E-state index contributed by atoms with van der Waals surface area (Å²) in [6.07, 6.45) is 3.31. The van der Waals surface area contributed by atoms with E-state index in [1.54, 1.807) is 42.5 Å². The van der Waals surface area contributed by atoms with Crippen LogP contribution in [-0.2, 0) is 14.3 Å². The molecule has 0 heterocycles. The van der Waals surface area contributed by atoms with Crippen molar-refractivity contribution in [3.05, 3.63) is 70.3 Å². The van der Waals surface area contributed by atoms with Crippen molar-refractivity contribution in [1.82, 2.24) is 0 Å². The van der Waals surface area contributed by atoms with Crippen molar-refractivity contribution in [3.63, 3.8) is 0 Å². The van der Waals surface area contributed by atoms with Gasteiger partial charge in [0.1, 0.15) is 5.57 Å². The Morgan fingerprint density at radius 1 is 0.821 bits per heavy atom. The molecule has 2 rings (SSSR count). The zero-order valence-corrected chi connectivity index (χ0v) is 17.7. The van der Waals surface area contributed by atoms with E-state index in [9.17, 15) is 14.4 Å². The van der Waals surface area contributed by atoms with Crippen LogP contribution >= 0.6 is 0 Å². The number of hydrogen-bond donors (Lipinski definition) is 0. The Balaban J connectivity index is 2.83. The highest BCUT2D eigenvalue weighted by atomic mass is 16.5. The van der Waals surface area contributed by atoms with E-state index in [4.69, 9.17) is 4.74 Å². The topological polar surface area (TPSA) is 60.4 Å². The molecular weight excluding hydrogens is 352 g/mol. The molecule has 1 aliphatic carbocycles. The maximum absolute atomic E-state index is 13.1. The van der Waals surface area contributed by atoms with Gasteiger partial charge in [-0.05, 0) is 28.6 Å². The van der Waals surface area contributed by atoms with Gasteiger partial charge in [-0.15, -0.1) is 0 Å². The first-order chi connectivity index (χ1) is 12.9. The van der Waals surface area contributed by atoms with Gasteiger partial charge in [0.25, 0.3) is 0 Å². The lowest BCUT2D eigenvalue weighted by Crippen LogP contribution is -2.29. The van der Waals surface area contributed by atoms with E-state index in [0.717, 1.165) is 0 Å². The second-order valence-electron chi connectivity index (χ2n) is 8.96. The summed E-state index contributed by atoms with van der Waals surface area (Å²) in [6, 6.07) is 8.59. The molecule has 28 heavy (non-hydrogen) atoms. The van der Waals surface area contributed by atoms with E-state index in [1.165, 1.54) is 7.11 Å². The molecule has 4 nitrogen and oxygen atoms in total. The fraction of sp³-hybridized carbons (Fsp3) is 0.375. The number of allylic oxidation sites excluding steroid dienone is 5. The SMILES string of the molecule is COC(=O)C(C(=O)c1ccccc1)=C1C=C(C(C)(C)C)C(=O)C(C(C)(C)C)=C1. The average molecular weight is 380 g/mol. The van der Waals surface area contributed by atoms with Gasteiger partial charge in [-0.1, -0.05) is 71.9 Å². The maximum atomic E-state index is 13.1. The van der Waals surface area contributed by atoms with Gasteiger partial charge in [0.15, 0.2) is 5.78 Å². The van der Waals surface area contributed by atoms with E-state index < -0.39 is 22.6 Å². The van der Waals surface area contributed by atoms with Crippen LogP contribution in [0.4, 0.5) is 0 Å². The number of esters is 1. The fourth-order valence-electron chi connectivity index (χ4n) is 3.06. The summed E-state index contributed by atoms with van der Waals surface area (Å²) in [6.45, 7) is 11.6. The monoisotopic (exact) mass is 380 g/mol. The van der Waals surface area contributed by atoms with Crippen LogP contribution in [0.1, 0.15) is 51.9 Å². The summed E-state index contributed by atoms with van der Waals surface area (Å²) in [5.41, 5.74) is 0.992. The van der Waals surface area contributed by atoms with Gasteiger partial charge in [-0.3, -0.25) is 9.59 Å². The Morgan fingerprint density at radius 2 is 1.29 bits per heavy atom. The molecule has 0 saturated carbocycles. The Bertz CT molecular complexity index is 862. The van der Waals surface area contributed by atoms with Gasteiger partial charge in [-0.25, -0.2) is 4.79 Å². The quantitative estimate of drug-likeness (QED) is 0.247. The van der Waals surface area contributed by atoms with Gasteiger partial charge in [0.2, 0.25) is 5.78 Å². The van der Waals surface area contributed by atoms with Crippen molar-refractivity contribution in [3.8, 4) is 0 Å². The predicted octanol–water partition coefficient (Wildman–Crippen LogP) is 4.87. The molecule has 0 aromatic heterocycles. The highest BCUT2D eigenvalue weighted by Crippen LogP contribution is 2.39. The number of hydrogen-bond acceptors (Lipinski definition) is 4. The number of methoxy groups -OCH3 is 1. The molecule has 1 aromatic rings. The molecule has 148 valence electrons.